The molecule has 0 radical (unpaired) electrons. The third-order valence-corrected chi connectivity index (χ3v) is 5.80. The minimum absolute atomic E-state index is 0.0106. The van der Waals surface area contributed by atoms with Crippen molar-refractivity contribution < 1.29 is 18.3 Å². The quantitative estimate of drug-likeness (QED) is 0.898. The SMILES string of the molecule is O=C(O)Cc1cnc(CC2CCS(=O)(=O)CC2)s1. The van der Waals surface area contributed by atoms with Crippen molar-refractivity contribution in [3.63, 3.8) is 0 Å². The first-order chi connectivity index (χ1) is 8.44. The lowest BCUT2D eigenvalue weighted by Crippen LogP contribution is -2.24. The standard InChI is InChI=1S/C11H15NO4S2/c13-11(14)6-9-7-12-10(17-9)5-8-1-3-18(15,16)4-2-8/h7-8H,1-6H2,(H,13,14). The van der Waals surface area contributed by atoms with E-state index in [4.69, 9.17) is 5.11 Å². The second-order valence-electron chi connectivity index (χ2n) is 4.59. The minimum Gasteiger partial charge on any atom is -0.481 e. The molecule has 100 valence electrons. The Hall–Kier alpha value is -0.950. The molecule has 5 nitrogen and oxygen atoms in total. The fraction of sp³-hybridized carbons (Fsp3) is 0.636. The molecule has 0 saturated carbocycles. The summed E-state index contributed by atoms with van der Waals surface area (Å²) in [5.41, 5.74) is 0. The van der Waals surface area contributed by atoms with Crippen LogP contribution >= 0.6 is 11.3 Å². The van der Waals surface area contributed by atoms with Crippen LogP contribution in [0, 0.1) is 5.92 Å². The number of sulfone groups is 1. The van der Waals surface area contributed by atoms with E-state index < -0.39 is 15.8 Å². The summed E-state index contributed by atoms with van der Waals surface area (Å²) in [4.78, 5) is 15.5. The van der Waals surface area contributed by atoms with Gasteiger partial charge >= 0.3 is 5.97 Å². The number of nitrogens with zero attached hydrogens (tertiary/aromatic N) is 1. The molecule has 2 rings (SSSR count). The van der Waals surface area contributed by atoms with Crippen molar-refractivity contribution in [3.8, 4) is 0 Å². The molecule has 0 aliphatic carbocycles. The maximum Gasteiger partial charge on any atom is 0.308 e. The van der Waals surface area contributed by atoms with Crippen LogP contribution in [0.5, 0.6) is 0 Å². The van der Waals surface area contributed by atoms with Crippen LogP contribution in [0.1, 0.15) is 22.7 Å². The van der Waals surface area contributed by atoms with Gasteiger partial charge in [0.2, 0.25) is 0 Å². The highest BCUT2D eigenvalue weighted by Crippen LogP contribution is 2.25. The molecule has 1 aliphatic rings. The lowest BCUT2D eigenvalue weighted by Gasteiger charge is -2.20. The zero-order chi connectivity index (χ0) is 13.2. The Morgan fingerprint density at radius 1 is 1.44 bits per heavy atom. The molecule has 1 aliphatic heterocycles. The fourth-order valence-corrected chi connectivity index (χ4v) is 4.68. The average Bonchev–Trinajstić information content (AvgIpc) is 2.68. The van der Waals surface area contributed by atoms with E-state index in [9.17, 15) is 13.2 Å². The number of thiazole rings is 1. The molecule has 0 bridgehead atoms. The Morgan fingerprint density at radius 2 is 2.11 bits per heavy atom. The number of aromatic nitrogens is 1. The monoisotopic (exact) mass is 289 g/mol. The Morgan fingerprint density at radius 3 is 2.72 bits per heavy atom. The summed E-state index contributed by atoms with van der Waals surface area (Å²) < 4.78 is 22.6. The van der Waals surface area contributed by atoms with E-state index >= 15 is 0 Å². The highest BCUT2D eigenvalue weighted by Gasteiger charge is 2.24. The number of carbonyl (C=O) groups is 1. The van der Waals surface area contributed by atoms with Gasteiger partial charge in [-0.2, -0.15) is 0 Å². The summed E-state index contributed by atoms with van der Waals surface area (Å²) >= 11 is 1.41. The lowest BCUT2D eigenvalue weighted by atomic mass is 9.99. The van der Waals surface area contributed by atoms with E-state index in [1.807, 2.05) is 0 Å². The van der Waals surface area contributed by atoms with Crippen molar-refractivity contribution in [1.29, 1.82) is 0 Å². The van der Waals surface area contributed by atoms with Crippen LogP contribution in [-0.2, 0) is 27.5 Å². The van der Waals surface area contributed by atoms with Gasteiger partial charge in [-0.15, -0.1) is 11.3 Å². The molecular weight excluding hydrogens is 274 g/mol. The van der Waals surface area contributed by atoms with E-state index in [2.05, 4.69) is 4.98 Å². The van der Waals surface area contributed by atoms with Crippen molar-refractivity contribution in [3.05, 3.63) is 16.1 Å². The van der Waals surface area contributed by atoms with Crippen LogP contribution in [0.25, 0.3) is 0 Å². The van der Waals surface area contributed by atoms with Crippen molar-refractivity contribution in [2.75, 3.05) is 11.5 Å². The van der Waals surface area contributed by atoms with E-state index in [0.717, 1.165) is 16.3 Å². The Bertz CT molecular complexity index is 521. The number of aliphatic carboxylic acids is 1. The van der Waals surface area contributed by atoms with Crippen LogP contribution in [0.3, 0.4) is 0 Å². The van der Waals surface area contributed by atoms with Crippen LogP contribution in [0.2, 0.25) is 0 Å². The first-order valence-electron chi connectivity index (χ1n) is 5.80. The molecule has 0 aromatic carbocycles. The molecule has 1 N–H and O–H groups in total. The van der Waals surface area contributed by atoms with Crippen LogP contribution in [-0.4, -0.2) is 36.0 Å². The zero-order valence-corrected chi connectivity index (χ0v) is 11.5. The molecule has 0 unspecified atom stereocenters. The van der Waals surface area contributed by atoms with Crippen molar-refractivity contribution in [2.24, 2.45) is 5.92 Å². The van der Waals surface area contributed by atoms with Crippen molar-refractivity contribution in [2.45, 2.75) is 25.7 Å². The van der Waals surface area contributed by atoms with Gasteiger partial charge in [0.05, 0.1) is 22.9 Å². The second kappa shape index (κ2) is 5.36. The van der Waals surface area contributed by atoms with Crippen molar-refractivity contribution in [1.82, 2.24) is 4.98 Å². The molecule has 1 aromatic heterocycles. The summed E-state index contributed by atoms with van der Waals surface area (Å²) in [6.07, 6.45) is 3.76. The molecule has 2 heterocycles. The van der Waals surface area contributed by atoms with Gasteiger partial charge in [0.25, 0.3) is 0 Å². The topological polar surface area (TPSA) is 84.3 Å². The zero-order valence-electron chi connectivity index (χ0n) is 9.83. The van der Waals surface area contributed by atoms with Gasteiger partial charge in [0, 0.05) is 17.5 Å². The minimum atomic E-state index is -2.81. The summed E-state index contributed by atoms with van der Waals surface area (Å²) in [6.45, 7) is 0. The largest absolute Gasteiger partial charge is 0.481 e. The third kappa shape index (κ3) is 3.78. The molecule has 1 saturated heterocycles. The van der Waals surface area contributed by atoms with Gasteiger partial charge in [-0.05, 0) is 18.8 Å². The summed E-state index contributed by atoms with van der Waals surface area (Å²) in [5.74, 6) is 0.0436. The predicted molar refractivity (Wildman–Crippen MR) is 68.5 cm³/mol. The van der Waals surface area contributed by atoms with Gasteiger partial charge in [0.1, 0.15) is 9.84 Å². The second-order valence-corrected chi connectivity index (χ2v) is 8.09. The third-order valence-electron chi connectivity index (χ3n) is 3.06. The Balaban J connectivity index is 1.90. The van der Waals surface area contributed by atoms with Gasteiger partial charge < -0.3 is 5.11 Å². The normalized spacial score (nSPS) is 19.8. The van der Waals surface area contributed by atoms with E-state index in [-0.39, 0.29) is 17.9 Å². The van der Waals surface area contributed by atoms with Gasteiger partial charge in [-0.3, -0.25) is 4.79 Å². The summed E-state index contributed by atoms with van der Waals surface area (Å²) in [7, 11) is -2.81. The molecule has 1 aromatic rings. The molecule has 0 amide bonds. The number of carboxylic acid groups (broad SMARTS) is 1. The highest BCUT2D eigenvalue weighted by atomic mass is 32.2. The average molecular weight is 289 g/mol. The Kier molecular flexibility index (Phi) is 4.01. The molecule has 0 atom stereocenters. The number of carboxylic acids is 1. The highest BCUT2D eigenvalue weighted by molar-refractivity contribution is 7.91. The first-order valence-corrected chi connectivity index (χ1v) is 8.44. The maximum absolute atomic E-state index is 11.3. The van der Waals surface area contributed by atoms with Gasteiger partial charge in [0.15, 0.2) is 0 Å². The van der Waals surface area contributed by atoms with E-state index in [1.165, 1.54) is 11.3 Å². The molecule has 1 fully saturated rings. The van der Waals surface area contributed by atoms with Crippen LogP contribution < -0.4 is 0 Å². The molecule has 0 spiro atoms. The first kappa shape index (κ1) is 13.5. The van der Waals surface area contributed by atoms with Crippen molar-refractivity contribution >= 4 is 27.1 Å². The molecule has 18 heavy (non-hydrogen) atoms. The molecular formula is C11H15NO4S2. The summed E-state index contributed by atoms with van der Waals surface area (Å²) in [5, 5.41) is 9.58. The van der Waals surface area contributed by atoms with Crippen LogP contribution in [0.15, 0.2) is 6.20 Å². The fourth-order valence-electron chi connectivity index (χ4n) is 2.06. The smallest absolute Gasteiger partial charge is 0.308 e. The molecule has 7 heteroatoms. The van der Waals surface area contributed by atoms with Gasteiger partial charge in [-0.25, -0.2) is 13.4 Å². The van der Waals surface area contributed by atoms with E-state index in [1.54, 1.807) is 6.20 Å². The van der Waals surface area contributed by atoms with Gasteiger partial charge in [-0.1, -0.05) is 0 Å². The lowest BCUT2D eigenvalue weighted by molar-refractivity contribution is -0.136. The predicted octanol–water partition coefficient (Wildman–Crippen LogP) is 1.14. The number of hydrogen-bond acceptors (Lipinski definition) is 5. The number of hydrogen-bond donors (Lipinski definition) is 1. The maximum atomic E-state index is 11.3. The van der Waals surface area contributed by atoms with E-state index in [0.29, 0.717) is 18.8 Å². The Labute approximate surface area is 110 Å². The van der Waals surface area contributed by atoms with Crippen LogP contribution in [0.4, 0.5) is 0 Å². The number of rotatable bonds is 4. The summed E-state index contributed by atoms with van der Waals surface area (Å²) in [6, 6.07) is 0.